The van der Waals surface area contributed by atoms with Crippen LogP contribution in [0.1, 0.15) is 0 Å². The van der Waals surface area contributed by atoms with E-state index in [1.165, 1.54) is 38.6 Å². The van der Waals surface area contributed by atoms with Gasteiger partial charge in [-0.2, -0.15) is 5.10 Å². The predicted molar refractivity (Wildman–Crippen MR) is 235 cm³/mol. The van der Waals surface area contributed by atoms with Gasteiger partial charge in [0.2, 0.25) is 0 Å². The van der Waals surface area contributed by atoms with Crippen LogP contribution in [0.15, 0.2) is 225 Å². The highest BCUT2D eigenvalue weighted by atomic mass is 15.2. The summed E-state index contributed by atoms with van der Waals surface area (Å²) in [6.45, 7) is 0. The van der Waals surface area contributed by atoms with Crippen LogP contribution in [-0.4, -0.2) is 9.61 Å². The third-order valence-corrected chi connectivity index (χ3v) is 10.7. The van der Waals surface area contributed by atoms with Crippen LogP contribution in [0.2, 0.25) is 0 Å². The Labute approximate surface area is 327 Å². The van der Waals surface area contributed by atoms with Crippen molar-refractivity contribution in [1.29, 1.82) is 0 Å². The van der Waals surface area contributed by atoms with Crippen molar-refractivity contribution in [2.45, 2.75) is 0 Å². The van der Waals surface area contributed by atoms with Crippen LogP contribution in [0.25, 0.3) is 72.1 Å². The summed E-state index contributed by atoms with van der Waals surface area (Å²) in [6.07, 6.45) is 2.01. The number of pyridine rings is 1. The third kappa shape index (κ3) is 6.12. The molecule has 0 bridgehead atoms. The Morgan fingerprint density at radius 3 is 1.23 bits per heavy atom. The van der Waals surface area contributed by atoms with E-state index < -0.39 is 0 Å². The summed E-state index contributed by atoms with van der Waals surface area (Å²) in [4.78, 5) is 2.34. The van der Waals surface area contributed by atoms with Crippen molar-refractivity contribution in [3.8, 4) is 55.8 Å². The highest BCUT2D eigenvalue weighted by molar-refractivity contribution is 6.10. The van der Waals surface area contributed by atoms with E-state index in [1.807, 2.05) is 6.20 Å². The predicted octanol–water partition coefficient (Wildman–Crippen LogP) is 14.3. The van der Waals surface area contributed by atoms with Crippen LogP contribution in [-0.2, 0) is 0 Å². The molecule has 10 aromatic rings. The molecule has 2 aromatic heterocycles. The Bertz CT molecular complexity index is 2820. The molecular formula is C53H37N3. The van der Waals surface area contributed by atoms with E-state index in [2.05, 4.69) is 228 Å². The quantitative estimate of drug-likeness (QED) is 0.156. The Morgan fingerprint density at radius 2 is 0.732 bits per heavy atom. The molecule has 0 N–H and O–H groups in total. The van der Waals surface area contributed by atoms with E-state index >= 15 is 0 Å². The molecule has 0 fully saturated rings. The first kappa shape index (κ1) is 33.1. The summed E-state index contributed by atoms with van der Waals surface area (Å²) in [7, 11) is 0. The van der Waals surface area contributed by atoms with Gasteiger partial charge < -0.3 is 4.90 Å². The van der Waals surface area contributed by atoms with Gasteiger partial charge in [-0.3, -0.25) is 0 Å². The number of rotatable bonds is 8. The molecule has 0 unspecified atom stereocenters. The summed E-state index contributed by atoms with van der Waals surface area (Å²) in [6, 6.07) is 77.9. The smallest absolute Gasteiger partial charge is 0.0825 e. The molecule has 3 heteroatoms. The maximum absolute atomic E-state index is 4.97. The SMILES string of the molecule is c1ccc(-c2ccc(N(c3ccc(-c4ccccc4)cc3)c3ccc(-c4cccc5c4cc(-c4ccccc4)n4ncc(-c6ccccc6)c54)cc3)cc2)cc1. The number of hydrogen-bond acceptors (Lipinski definition) is 2. The number of benzene rings is 8. The average Bonchev–Trinajstić information content (AvgIpc) is 3.74. The van der Waals surface area contributed by atoms with Crippen molar-refractivity contribution in [1.82, 2.24) is 9.61 Å². The van der Waals surface area contributed by atoms with Gasteiger partial charge in [0.05, 0.1) is 17.4 Å². The molecule has 0 saturated carbocycles. The minimum absolute atomic E-state index is 1.06. The highest BCUT2D eigenvalue weighted by Crippen LogP contribution is 2.41. The Hall–Kier alpha value is -7.49. The largest absolute Gasteiger partial charge is 0.311 e. The molecule has 0 amide bonds. The summed E-state index contributed by atoms with van der Waals surface area (Å²) < 4.78 is 2.11. The summed E-state index contributed by atoms with van der Waals surface area (Å²) in [5, 5.41) is 7.33. The molecule has 2 heterocycles. The van der Waals surface area contributed by atoms with Crippen LogP contribution in [0.3, 0.4) is 0 Å². The van der Waals surface area contributed by atoms with E-state index in [-0.39, 0.29) is 0 Å². The zero-order valence-electron chi connectivity index (χ0n) is 30.7. The second-order valence-electron chi connectivity index (χ2n) is 14.1. The van der Waals surface area contributed by atoms with Crippen molar-refractivity contribution in [2.75, 3.05) is 4.90 Å². The summed E-state index contributed by atoms with van der Waals surface area (Å²) >= 11 is 0. The van der Waals surface area contributed by atoms with Gasteiger partial charge in [-0.1, -0.05) is 176 Å². The minimum Gasteiger partial charge on any atom is -0.311 e. The first-order valence-corrected chi connectivity index (χ1v) is 19.0. The maximum Gasteiger partial charge on any atom is 0.0825 e. The second-order valence-corrected chi connectivity index (χ2v) is 14.1. The molecule has 0 aliphatic carbocycles. The van der Waals surface area contributed by atoms with Gasteiger partial charge >= 0.3 is 0 Å². The molecule has 10 rings (SSSR count). The lowest BCUT2D eigenvalue weighted by molar-refractivity contribution is 0.975. The molecule has 0 aliphatic heterocycles. The van der Waals surface area contributed by atoms with Gasteiger partial charge in [-0.25, -0.2) is 4.52 Å². The number of nitrogens with zero attached hydrogens (tertiary/aromatic N) is 3. The van der Waals surface area contributed by atoms with Crippen molar-refractivity contribution < 1.29 is 0 Å². The van der Waals surface area contributed by atoms with Gasteiger partial charge in [0.25, 0.3) is 0 Å². The number of hydrogen-bond donors (Lipinski definition) is 0. The van der Waals surface area contributed by atoms with E-state index in [0.717, 1.165) is 50.5 Å². The van der Waals surface area contributed by atoms with Gasteiger partial charge in [0.1, 0.15) is 0 Å². The van der Waals surface area contributed by atoms with Crippen molar-refractivity contribution >= 4 is 33.4 Å². The molecule has 0 saturated heterocycles. The monoisotopic (exact) mass is 715 g/mol. The molecule has 0 atom stereocenters. The van der Waals surface area contributed by atoms with Gasteiger partial charge in [0, 0.05) is 33.6 Å². The van der Waals surface area contributed by atoms with Crippen LogP contribution in [0, 0.1) is 0 Å². The fourth-order valence-electron chi connectivity index (χ4n) is 7.91. The summed E-state index contributed by atoms with van der Waals surface area (Å²) in [5.41, 5.74) is 16.0. The molecule has 0 radical (unpaired) electrons. The van der Waals surface area contributed by atoms with Crippen LogP contribution < -0.4 is 4.90 Å². The van der Waals surface area contributed by atoms with Crippen LogP contribution in [0.5, 0.6) is 0 Å². The standard InChI is InChI=1S/C53H37N3/c1-5-14-38(15-6-1)40-24-30-45(31-25-40)55(46-32-26-41(27-33-46)39-16-7-2-8-17-39)47-34-28-43(29-35-47)48-22-13-23-49-50(48)36-52(44-20-11-4-12-21-44)56-53(49)51(37-54-56)42-18-9-3-10-19-42/h1-37H. The number of aromatic nitrogens is 2. The average molecular weight is 716 g/mol. The van der Waals surface area contributed by atoms with Crippen molar-refractivity contribution in [3.63, 3.8) is 0 Å². The van der Waals surface area contributed by atoms with E-state index in [9.17, 15) is 0 Å². The first-order valence-electron chi connectivity index (χ1n) is 19.0. The van der Waals surface area contributed by atoms with Gasteiger partial charge in [-0.15, -0.1) is 0 Å². The minimum atomic E-state index is 1.06. The summed E-state index contributed by atoms with van der Waals surface area (Å²) in [5.74, 6) is 0. The molecular weight excluding hydrogens is 679 g/mol. The number of anilines is 3. The van der Waals surface area contributed by atoms with Crippen LogP contribution in [0.4, 0.5) is 17.1 Å². The molecule has 264 valence electrons. The Kier molecular flexibility index (Phi) is 8.51. The third-order valence-electron chi connectivity index (χ3n) is 10.7. The fourth-order valence-corrected chi connectivity index (χ4v) is 7.91. The van der Waals surface area contributed by atoms with E-state index in [4.69, 9.17) is 5.10 Å². The van der Waals surface area contributed by atoms with Crippen molar-refractivity contribution in [3.05, 3.63) is 225 Å². The topological polar surface area (TPSA) is 20.5 Å². The zero-order chi connectivity index (χ0) is 37.3. The van der Waals surface area contributed by atoms with Crippen molar-refractivity contribution in [2.24, 2.45) is 0 Å². The van der Waals surface area contributed by atoms with Gasteiger partial charge in [-0.05, 0) is 86.8 Å². The zero-order valence-corrected chi connectivity index (χ0v) is 30.7. The molecule has 56 heavy (non-hydrogen) atoms. The fraction of sp³-hybridized carbons (Fsp3) is 0. The van der Waals surface area contributed by atoms with E-state index in [1.54, 1.807) is 0 Å². The second kappa shape index (κ2) is 14.4. The molecule has 3 nitrogen and oxygen atoms in total. The highest BCUT2D eigenvalue weighted by Gasteiger charge is 2.18. The normalized spacial score (nSPS) is 11.2. The van der Waals surface area contributed by atoms with E-state index in [0.29, 0.717) is 0 Å². The molecule has 0 spiro atoms. The first-order chi connectivity index (χ1) is 27.8. The molecule has 0 aliphatic rings. The Morgan fingerprint density at radius 1 is 0.321 bits per heavy atom. The lowest BCUT2D eigenvalue weighted by Gasteiger charge is -2.26. The Balaban J connectivity index is 1.09. The van der Waals surface area contributed by atoms with Crippen LogP contribution >= 0.6 is 0 Å². The lowest BCUT2D eigenvalue weighted by Crippen LogP contribution is -2.09. The maximum atomic E-state index is 4.97. The molecule has 8 aromatic carbocycles. The van der Waals surface area contributed by atoms with Gasteiger partial charge in [0.15, 0.2) is 0 Å². The lowest BCUT2D eigenvalue weighted by atomic mass is 9.95. The number of fused-ring (bicyclic) bond motifs is 3.